The number of halogens is 1. The molecule has 1 saturated heterocycles. The van der Waals surface area contributed by atoms with Crippen molar-refractivity contribution in [3.8, 4) is 0 Å². The van der Waals surface area contributed by atoms with Crippen molar-refractivity contribution in [1.82, 2.24) is 19.7 Å². The van der Waals surface area contributed by atoms with Gasteiger partial charge in [-0.2, -0.15) is 5.10 Å². The summed E-state index contributed by atoms with van der Waals surface area (Å²) in [5.41, 5.74) is 9.49. The number of piperidine rings is 1. The minimum atomic E-state index is -0.488. The van der Waals surface area contributed by atoms with E-state index in [1.807, 2.05) is 18.7 Å². The standard InChI is InChI=1S/C17H24BrN7O2/c1-10-13(11(2)23(3)22-10)9-24-6-4-12(5-7-24)21-15-14(18)8-20-17(19)16(15)25(26)27/h8,12H,4-7,9H2,1-3H3,(H3,19,20,21). The number of pyridine rings is 1. The molecule has 3 N–H and O–H groups in total. The molecular weight excluding hydrogens is 414 g/mol. The number of likely N-dealkylation sites (tertiary alicyclic amines) is 1. The predicted molar refractivity (Wildman–Crippen MR) is 108 cm³/mol. The van der Waals surface area contributed by atoms with Crippen molar-refractivity contribution >= 4 is 33.1 Å². The number of aromatic nitrogens is 3. The van der Waals surface area contributed by atoms with E-state index in [1.54, 1.807) is 0 Å². The molecule has 10 heteroatoms. The molecule has 2 aromatic heterocycles. The highest BCUT2D eigenvalue weighted by Crippen LogP contribution is 2.37. The normalized spacial score (nSPS) is 15.9. The van der Waals surface area contributed by atoms with Gasteiger partial charge >= 0.3 is 5.69 Å². The Balaban J connectivity index is 1.65. The second-order valence-electron chi connectivity index (χ2n) is 6.94. The lowest BCUT2D eigenvalue weighted by atomic mass is 10.0. The summed E-state index contributed by atoms with van der Waals surface area (Å²) in [6.45, 7) is 6.84. The smallest absolute Gasteiger partial charge is 0.335 e. The van der Waals surface area contributed by atoms with Crippen LogP contribution in [0.4, 0.5) is 17.2 Å². The first-order chi connectivity index (χ1) is 12.8. The van der Waals surface area contributed by atoms with Crippen LogP contribution in [0.15, 0.2) is 10.7 Å². The Morgan fingerprint density at radius 3 is 2.63 bits per heavy atom. The molecule has 0 unspecified atom stereocenters. The number of rotatable bonds is 5. The van der Waals surface area contributed by atoms with Crippen molar-refractivity contribution in [2.75, 3.05) is 24.1 Å². The van der Waals surface area contributed by atoms with Crippen molar-refractivity contribution in [3.63, 3.8) is 0 Å². The summed E-state index contributed by atoms with van der Waals surface area (Å²) >= 11 is 3.35. The van der Waals surface area contributed by atoms with Crippen LogP contribution in [-0.4, -0.2) is 43.7 Å². The van der Waals surface area contributed by atoms with Crippen molar-refractivity contribution < 1.29 is 4.92 Å². The molecule has 0 amide bonds. The fourth-order valence-electron chi connectivity index (χ4n) is 3.52. The lowest BCUT2D eigenvalue weighted by molar-refractivity contribution is -0.383. The van der Waals surface area contributed by atoms with Crippen LogP contribution in [0.2, 0.25) is 0 Å². The van der Waals surface area contributed by atoms with E-state index in [4.69, 9.17) is 5.73 Å². The molecule has 3 rings (SSSR count). The number of nitro groups is 1. The van der Waals surface area contributed by atoms with Crippen LogP contribution in [0.3, 0.4) is 0 Å². The van der Waals surface area contributed by atoms with E-state index in [9.17, 15) is 10.1 Å². The van der Waals surface area contributed by atoms with Crippen LogP contribution in [-0.2, 0) is 13.6 Å². The molecule has 0 spiro atoms. The third-order valence-corrected chi connectivity index (χ3v) is 5.80. The molecule has 1 fully saturated rings. The fourth-order valence-corrected chi connectivity index (χ4v) is 3.93. The summed E-state index contributed by atoms with van der Waals surface area (Å²) in [4.78, 5) is 17.1. The summed E-state index contributed by atoms with van der Waals surface area (Å²) < 4.78 is 2.47. The van der Waals surface area contributed by atoms with Gasteiger partial charge in [-0.15, -0.1) is 0 Å². The maximum absolute atomic E-state index is 11.4. The highest BCUT2D eigenvalue weighted by Gasteiger charge is 2.27. The second kappa shape index (κ2) is 7.81. The summed E-state index contributed by atoms with van der Waals surface area (Å²) in [5.74, 6) is -0.0781. The average Bonchev–Trinajstić information content (AvgIpc) is 2.85. The number of nitrogens with one attached hydrogen (secondary N) is 1. The minimum Gasteiger partial charge on any atom is -0.378 e. The molecule has 0 bridgehead atoms. The molecule has 0 aliphatic carbocycles. The van der Waals surface area contributed by atoms with E-state index in [0.29, 0.717) is 10.2 Å². The molecule has 0 atom stereocenters. The molecule has 27 heavy (non-hydrogen) atoms. The van der Waals surface area contributed by atoms with Gasteiger partial charge in [0.2, 0.25) is 5.82 Å². The summed E-state index contributed by atoms with van der Waals surface area (Å²) in [7, 11) is 1.97. The van der Waals surface area contributed by atoms with E-state index >= 15 is 0 Å². The van der Waals surface area contributed by atoms with Crippen LogP contribution in [0.1, 0.15) is 29.8 Å². The van der Waals surface area contributed by atoms with Gasteiger partial charge in [0, 0.05) is 50.2 Å². The molecule has 1 aliphatic rings. The molecule has 9 nitrogen and oxygen atoms in total. The van der Waals surface area contributed by atoms with Crippen LogP contribution in [0.5, 0.6) is 0 Å². The number of aryl methyl sites for hydroxylation is 2. The third-order valence-electron chi connectivity index (χ3n) is 5.19. The summed E-state index contributed by atoms with van der Waals surface area (Å²) in [6, 6.07) is 0.147. The van der Waals surface area contributed by atoms with Crippen LogP contribution >= 0.6 is 15.9 Å². The van der Waals surface area contributed by atoms with Gasteiger partial charge in [0.25, 0.3) is 0 Å². The van der Waals surface area contributed by atoms with E-state index < -0.39 is 4.92 Å². The highest BCUT2D eigenvalue weighted by atomic mass is 79.9. The van der Waals surface area contributed by atoms with Crippen LogP contribution in [0.25, 0.3) is 0 Å². The largest absolute Gasteiger partial charge is 0.378 e. The van der Waals surface area contributed by atoms with E-state index in [1.165, 1.54) is 17.5 Å². The van der Waals surface area contributed by atoms with E-state index in [-0.39, 0.29) is 17.5 Å². The Kier molecular flexibility index (Phi) is 5.66. The monoisotopic (exact) mass is 437 g/mol. The van der Waals surface area contributed by atoms with Gasteiger partial charge in [-0.1, -0.05) is 0 Å². The first kappa shape index (κ1) is 19.6. The molecule has 2 aromatic rings. The van der Waals surface area contributed by atoms with Gasteiger partial charge in [0.05, 0.1) is 15.1 Å². The van der Waals surface area contributed by atoms with Gasteiger partial charge in [-0.3, -0.25) is 19.7 Å². The zero-order valence-electron chi connectivity index (χ0n) is 15.7. The van der Waals surface area contributed by atoms with Crippen molar-refractivity contribution in [2.24, 2.45) is 7.05 Å². The SMILES string of the molecule is Cc1nn(C)c(C)c1CN1CCC(Nc2c(Br)cnc(N)c2[N+](=O)[O-])CC1. The zero-order valence-corrected chi connectivity index (χ0v) is 17.3. The predicted octanol–water partition coefficient (Wildman–Crippen LogP) is 2.76. The first-order valence-corrected chi connectivity index (χ1v) is 9.63. The van der Waals surface area contributed by atoms with Crippen molar-refractivity contribution in [3.05, 3.63) is 37.7 Å². The molecule has 0 aromatic carbocycles. The lowest BCUT2D eigenvalue weighted by Crippen LogP contribution is -2.39. The molecule has 0 radical (unpaired) electrons. The zero-order chi connectivity index (χ0) is 19.7. The molecular formula is C17H24BrN7O2. The Morgan fingerprint density at radius 1 is 1.41 bits per heavy atom. The van der Waals surface area contributed by atoms with Gasteiger partial charge in [0.15, 0.2) is 0 Å². The first-order valence-electron chi connectivity index (χ1n) is 8.84. The summed E-state index contributed by atoms with van der Waals surface area (Å²) in [6.07, 6.45) is 3.28. The Bertz CT molecular complexity index is 859. The van der Waals surface area contributed by atoms with Crippen molar-refractivity contribution in [1.29, 1.82) is 0 Å². The molecule has 0 saturated carbocycles. The number of anilines is 2. The molecule has 3 heterocycles. The lowest BCUT2D eigenvalue weighted by Gasteiger charge is -2.33. The molecule has 1 aliphatic heterocycles. The second-order valence-corrected chi connectivity index (χ2v) is 7.79. The van der Waals surface area contributed by atoms with Gasteiger partial charge in [-0.05, 0) is 42.6 Å². The minimum absolute atomic E-state index is 0.0781. The number of nitrogen functional groups attached to an aromatic ring is 1. The van der Waals surface area contributed by atoms with Gasteiger partial charge < -0.3 is 11.1 Å². The highest BCUT2D eigenvalue weighted by molar-refractivity contribution is 9.10. The molecule has 146 valence electrons. The quantitative estimate of drug-likeness (QED) is 0.545. The van der Waals surface area contributed by atoms with Crippen LogP contribution in [0, 0.1) is 24.0 Å². The summed E-state index contributed by atoms with van der Waals surface area (Å²) in [5, 5.41) is 19.1. The maximum atomic E-state index is 11.4. The Hall–Kier alpha value is -2.20. The average molecular weight is 438 g/mol. The number of hydrogen-bond donors (Lipinski definition) is 2. The van der Waals surface area contributed by atoms with Gasteiger partial charge in [-0.25, -0.2) is 4.98 Å². The van der Waals surface area contributed by atoms with Crippen molar-refractivity contribution in [2.45, 2.75) is 39.3 Å². The Morgan fingerprint density at radius 2 is 2.07 bits per heavy atom. The number of nitrogens with zero attached hydrogens (tertiary/aromatic N) is 5. The number of hydrogen-bond acceptors (Lipinski definition) is 7. The third kappa shape index (κ3) is 4.06. The van der Waals surface area contributed by atoms with E-state index in [2.05, 4.69) is 43.2 Å². The Labute approximate surface area is 166 Å². The van der Waals surface area contributed by atoms with Gasteiger partial charge in [0.1, 0.15) is 5.69 Å². The topological polar surface area (TPSA) is 115 Å². The maximum Gasteiger partial charge on any atom is 0.335 e. The fraction of sp³-hybridized carbons (Fsp3) is 0.529. The number of nitrogens with two attached hydrogens (primary N) is 1. The van der Waals surface area contributed by atoms with E-state index in [0.717, 1.165) is 38.2 Å². The van der Waals surface area contributed by atoms with Crippen LogP contribution < -0.4 is 11.1 Å².